The average molecular weight is 274 g/mol. The van der Waals surface area contributed by atoms with E-state index in [9.17, 15) is 0 Å². The van der Waals surface area contributed by atoms with Crippen molar-refractivity contribution in [3.8, 4) is 0 Å². The molecule has 3 rings (SSSR count). The van der Waals surface area contributed by atoms with Gasteiger partial charge in [0.2, 0.25) is 0 Å². The van der Waals surface area contributed by atoms with Crippen molar-refractivity contribution in [2.45, 2.75) is 32.0 Å². The van der Waals surface area contributed by atoms with Crippen LogP contribution >= 0.6 is 11.3 Å². The molecule has 2 heterocycles. The van der Waals surface area contributed by atoms with E-state index in [1.54, 1.807) is 11.3 Å². The molecule has 4 nitrogen and oxygen atoms in total. The molecule has 0 amide bonds. The molecule has 0 saturated heterocycles. The summed E-state index contributed by atoms with van der Waals surface area (Å²) in [5.41, 5.74) is 5.47. The molecular formula is C14H18N4S. The summed E-state index contributed by atoms with van der Waals surface area (Å²) in [7, 11) is 2.09. The van der Waals surface area contributed by atoms with Gasteiger partial charge in [-0.05, 0) is 24.5 Å². The summed E-state index contributed by atoms with van der Waals surface area (Å²) in [4.78, 5) is 10.8. The quantitative estimate of drug-likeness (QED) is 0.878. The summed E-state index contributed by atoms with van der Waals surface area (Å²) in [6.07, 6.45) is 6.44. The van der Waals surface area contributed by atoms with Gasteiger partial charge >= 0.3 is 0 Å². The molecule has 1 N–H and O–H groups in total. The predicted molar refractivity (Wildman–Crippen MR) is 78.3 cm³/mol. The van der Waals surface area contributed by atoms with Crippen LogP contribution < -0.4 is 10.2 Å². The highest BCUT2D eigenvalue weighted by Gasteiger charge is 2.20. The SMILES string of the molecule is CN(Cc1cscn1)c1cnccc1CNC1CC1. The lowest BCUT2D eigenvalue weighted by Gasteiger charge is -2.21. The third-order valence-corrected chi connectivity index (χ3v) is 3.98. The fourth-order valence-electron chi connectivity index (χ4n) is 2.09. The standard InChI is InChI=1S/C14H18N4S/c1-18(8-13-9-19-10-17-13)14-7-15-5-4-11(14)6-16-12-2-3-12/h4-5,7,9-10,12,16H,2-3,6,8H2,1H3. The van der Waals surface area contributed by atoms with E-state index in [1.165, 1.54) is 24.1 Å². The van der Waals surface area contributed by atoms with E-state index in [2.05, 4.69) is 38.7 Å². The van der Waals surface area contributed by atoms with Crippen molar-refractivity contribution in [3.63, 3.8) is 0 Å². The van der Waals surface area contributed by atoms with Crippen molar-refractivity contribution in [2.75, 3.05) is 11.9 Å². The number of anilines is 1. The van der Waals surface area contributed by atoms with Crippen LogP contribution in [0.4, 0.5) is 5.69 Å². The number of nitrogens with one attached hydrogen (secondary N) is 1. The van der Waals surface area contributed by atoms with Crippen LogP contribution in [0.5, 0.6) is 0 Å². The molecule has 2 aromatic heterocycles. The first-order valence-corrected chi connectivity index (χ1v) is 7.51. The van der Waals surface area contributed by atoms with Gasteiger partial charge in [-0.3, -0.25) is 4.98 Å². The molecule has 0 atom stereocenters. The number of pyridine rings is 1. The molecule has 0 bridgehead atoms. The number of aromatic nitrogens is 2. The number of thiazole rings is 1. The van der Waals surface area contributed by atoms with E-state index in [1.807, 2.05) is 17.9 Å². The minimum absolute atomic E-state index is 0.727. The molecule has 1 aliphatic rings. The second kappa shape index (κ2) is 5.67. The Morgan fingerprint density at radius 1 is 1.47 bits per heavy atom. The molecule has 1 fully saturated rings. The van der Waals surface area contributed by atoms with Gasteiger partial charge in [-0.2, -0.15) is 0 Å². The van der Waals surface area contributed by atoms with Crippen LogP contribution in [0.3, 0.4) is 0 Å². The second-order valence-corrected chi connectivity index (χ2v) is 5.71. The zero-order valence-corrected chi connectivity index (χ0v) is 11.9. The van der Waals surface area contributed by atoms with Crippen molar-refractivity contribution < 1.29 is 0 Å². The van der Waals surface area contributed by atoms with Gasteiger partial charge in [0, 0.05) is 31.2 Å². The normalized spacial score (nSPS) is 14.6. The fourth-order valence-corrected chi connectivity index (χ4v) is 2.64. The Bertz CT molecular complexity index is 522. The van der Waals surface area contributed by atoms with Crippen molar-refractivity contribution >= 4 is 17.0 Å². The maximum absolute atomic E-state index is 4.34. The van der Waals surface area contributed by atoms with Gasteiger partial charge in [0.15, 0.2) is 0 Å². The van der Waals surface area contributed by atoms with Crippen LogP contribution in [0.25, 0.3) is 0 Å². The van der Waals surface area contributed by atoms with Gasteiger partial charge in [0.1, 0.15) is 0 Å². The summed E-state index contributed by atoms with van der Waals surface area (Å²) in [5, 5.41) is 5.65. The Morgan fingerprint density at radius 2 is 2.37 bits per heavy atom. The van der Waals surface area contributed by atoms with E-state index >= 15 is 0 Å². The summed E-state index contributed by atoms with van der Waals surface area (Å²) >= 11 is 1.64. The molecule has 100 valence electrons. The van der Waals surface area contributed by atoms with Crippen LogP contribution in [-0.4, -0.2) is 23.1 Å². The molecule has 1 aliphatic carbocycles. The largest absolute Gasteiger partial charge is 0.367 e. The number of hydrogen-bond acceptors (Lipinski definition) is 5. The topological polar surface area (TPSA) is 41.1 Å². The zero-order chi connectivity index (χ0) is 13.1. The number of hydrogen-bond donors (Lipinski definition) is 1. The highest BCUT2D eigenvalue weighted by molar-refractivity contribution is 7.07. The van der Waals surface area contributed by atoms with Crippen molar-refractivity contribution in [2.24, 2.45) is 0 Å². The monoisotopic (exact) mass is 274 g/mol. The lowest BCUT2D eigenvalue weighted by molar-refractivity contribution is 0.684. The average Bonchev–Trinajstić information content (AvgIpc) is 3.13. The van der Waals surface area contributed by atoms with Crippen molar-refractivity contribution in [3.05, 3.63) is 40.6 Å². The minimum Gasteiger partial charge on any atom is -0.367 e. The van der Waals surface area contributed by atoms with Crippen LogP contribution in [0, 0.1) is 0 Å². The Balaban J connectivity index is 1.70. The Hall–Kier alpha value is -1.46. The van der Waals surface area contributed by atoms with Gasteiger partial charge in [0.05, 0.1) is 29.6 Å². The van der Waals surface area contributed by atoms with Crippen LogP contribution in [0.2, 0.25) is 0 Å². The Labute approximate surface area is 117 Å². The van der Waals surface area contributed by atoms with Crippen LogP contribution in [-0.2, 0) is 13.1 Å². The summed E-state index contributed by atoms with van der Waals surface area (Å²) < 4.78 is 0. The van der Waals surface area contributed by atoms with E-state index < -0.39 is 0 Å². The van der Waals surface area contributed by atoms with Gasteiger partial charge in [-0.15, -0.1) is 11.3 Å². The molecule has 19 heavy (non-hydrogen) atoms. The summed E-state index contributed by atoms with van der Waals surface area (Å²) in [6, 6.07) is 2.83. The molecule has 5 heteroatoms. The van der Waals surface area contributed by atoms with Crippen molar-refractivity contribution in [1.29, 1.82) is 0 Å². The summed E-state index contributed by atoms with van der Waals surface area (Å²) in [6.45, 7) is 1.75. The third-order valence-electron chi connectivity index (χ3n) is 3.34. The Morgan fingerprint density at radius 3 is 3.11 bits per heavy atom. The maximum Gasteiger partial charge on any atom is 0.0795 e. The molecule has 0 unspecified atom stereocenters. The van der Waals surface area contributed by atoms with E-state index in [0.717, 1.165) is 24.8 Å². The van der Waals surface area contributed by atoms with Gasteiger partial charge in [-0.25, -0.2) is 4.98 Å². The first-order valence-electron chi connectivity index (χ1n) is 6.57. The Kier molecular flexibility index (Phi) is 3.75. The smallest absolute Gasteiger partial charge is 0.0795 e. The summed E-state index contributed by atoms with van der Waals surface area (Å²) in [5.74, 6) is 0. The molecular weight excluding hydrogens is 256 g/mol. The lowest BCUT2D eigenvalue weighted by atomic mass is 10.2. The first-order chi connectivity index (χ1) is 9.33. The lowest BCUT2D eigenvalue weighted by Crippen LogP contribution is -2.22. The van der Waals surface area contributed by atoms with E-state index in [0.29, 0.717) is 0 Å². The third kappa shape index (κ3) is 3.30. The zero-order valence-electron chi connectivity index (χ0n) is 11.0. The molecule has 0 aromatic carbocycles. The van der Waals surface area contributed by atoms with E-state index in [4.69, 9.17) is 0 Å². The number of nitrogens with zero attached hydrogens (tertiary/aromatic N) is 3. The molecule has 0 spiro atoms. The molecule has 0 radical (unpaired) electrons. The number of rotatable bonds is 6. The van der Waals surface area contributed by atoms with Crippen molar-refractivity contribution in [1.82, 2.24) is 15.3 Å². The van der Waals surface area contributed by atoms with E-state index in [-0.39, 0.29) is 0 Å². The maximum atomic E-state index is 4.34. The molecule has 2 aromatic rings. The fraction of sp³-hybridized carbons (Fsp3) is 0.429. The highest BCUT2D eigenvalue weighted by Crippen LogP contribution is 2.23. The predicted octanol–water partition coefficient (Wildman–Crippen LogP) is 2.43. The van der Waals surface area contributed by atoms with Gasteiger partial charge in [0.25, 0.3) is 0 Å². The molecule has 1 saturated carbocycles. The van der Waals surface area contributed by atoms with Gasteiger partial charge in [-0.1, -0.05) is 0 Å². The highest BCUT2D eigenvalue weighted by atomic mass is 32.1. The first kappa shape index (κ1) is 12.6. The second-order valence-electron chi connectivity index (χ2n) is 5.00. The minimum atomic E-state index is 0.727. The molecule has 0 aliphatic heterocycles. The van der Waals surface area contributed by atoms with Crippen LogP contribution in [0.15, 0.2) is 29.4 Å². The van der Waals surface area contributed by atoms with Gasteiger partial charge < -0.3 is 10.2 Å². The van der Waals surface area contributed by atoms with Crippen LogP contribution in [0.1, 0.15) is 24.1 Å².